The van der Waals surface area contributed by atoms with E-state index >= 15 is 0 Å². The van der Waals surface area contributed by atoms with E-state index in [0.29, 0.717) is 19.6 Å². The number of rotatable bonds is 5. The minimum absolute atomic E-state index is 0.0704. The summed E-state index contributed by atoms with van der Waals surface area (Å²) in [5.74, 6) is 0.0704. The molecular weight excluding hydrogens is 274 g/mol. The van der Waals surface area contributed by atoms with Gasteiger partial charge in [-0.15, -0.1) is 0 Å². The standard InChI is InChI=1S/C14H23N3O2S/c1-3-9-16(2)20(18,19)17-10-13(14(15)11-17)12-7-5-4-6-8-12/h4-8,13-14H,3,9-11,15H2,1-2H3/t13-,14+/m0/s1. The third kappa shape index (κ3) is 3.03. The topological polar surface area (TPSA) is 66.6 Å². The molecule has 1 aromatic rings. The van der Waals surface area contributed by atoms with Crippen molar-refractivity contribution in [1.82, 2.24) is 8.61 Å². The van der Waals surface area contributed by atoms with Crippen LogP contribution in [0.25, 0.3) is 0 Å². The zero-order valence-corrected chi connectivity index (χ0v) is 12.9. The van der Waals surface area contributed by atoms with Crippen LogP contribution in [0.3, 0.4) is 0 Å². The molecule has 1 saturated heterocycles. The molecule has 0 aliphatic carbocycles. The fraction of sp³-hybridized carbons (Fsp3) is 0.571. The van der Waals surface area contributed by atoms with E-state index in [9.17, 15) is 8.42 Å². The zero-order chi connectivity index (χ0) is 14.8. The lowest BCUT2D eigenvalue weighted by molar-refractivity contribution is 0.391. The normalized spacial score (nSPS) is 24.4. The average Bonchev–Trinajstić information content (AvgIpc) is 2.83. The minimum atomic E-state index is -3.39. The van der Waals surface area contributed by atoms with Crippen molar-refractivity contribution in [2.24, 2.45) is 5.73 Å². The number of benzene rings is 1. The van der Waals surface area contributed by atoms with Crippen molar-refractivity contribution in [2.75, 3.05) is 26.7 Å². The van der Waals surface area contributed by atoms with Gasteiger partial charge in [0.15, 0.2) is 0 Å². The lowest BCUT2D eigenvalue weighted by atomic mass is 9.95. The average molecular weight is 297 g/mol. The van der Waals surface area contributed by atoms with Crippen molar-refractivity contribution in [3.8, 4) is 0 Å². The second kappa shape index (κ2) is 6.22. The van der Waals surface area contributed by atoms with Crippen LogP contribution in [0, 0.1) is 0 Å². The summed E-state index contributed by atoms with van der Waals surface area (Å²) in [7, 11) is -1.76. The molecule has 1 fully saturated rings. The number of hydrogen-bond acceptors (Lipinski definition) is 3. The highest BCUT2D eigenvalue weighted by Crippen LogP contribution is 2.28. The molecule has 112 valence electrons. The molecule has 0 spiro atoms. The number of nitrogens with zero attached hydrogens (tertiary/aromatic N) is 2. The minimum Gasteiger partial charge on any atom is -0.326 e. The maximum atomic E-state index is 12.4. The van der Waals surface area contributed by atoms with Crippen LogP contribution in [-0.2, 0) is 10.2 Å². The smallest absolute Gasteiger partial charge is 0.281 e. The first kappa shape index (κ1) is 15.4. The lowest BCUT2D eigenvalue weighted by Crippen LogP contribution is -2.41. The Balaban J connectivity index is 2.15. The van der Waals surface area contributed by atoms with Gasteiger partial charge >= 0.3 is 0 Å². The Morgan fingerprint density at radius 1 is 1.30 bits per heavy atom. The zero-order valence-electron chi connectivity index (χ0n) is 12.1. The first-order valence-electron chi connectivity index (χ1n) is 6.98. The van der Waals surface area contributed by atoms with Gasteiger partial charge in [-0.05, 0) is 12.0 Å². The molecule has 20 heavy (non-hydrogen) atoms. The molecule has 0 aromatic heterocycles. The molecule has 1 aromatic carbocycles. The van der Waals surface area contributed by atoms with Gasteiger partial charge in [-0.1, -0.05) is 37.3 Å². The van der Waals surface area contributed by atoms with Gasteiger partial charge in [0.05, 0.1) is 0 Å². The third-order valence-corrected chi connectivity index (χ3v) is 5.74. The molecule has 5 nitrogen and oxygen atoms in total. The molecule has 6 heteroatoms. The van der Waals surface area contributed by atoms with E-state index in [1.165, 1.54) is 8.61 Å². The summed E-state index contributed by atoms with van der Waals surface area (Å²) in [6, 6.07) is 9.74. The van der Waals surface area contributed by atoms with E-state index in [0.717, 1.165) is 12.0 Å². The monoisotopic (exact) mass is 297 g/mol. The summed E-state index contributed by atoms with van der Waals surface area (Å²) in [5, 5.41) is 0. The lowest BCUT2D eigenvalue weighted by Gasteiger charge is -2.23. The van der Waals surface area contributed by atoms with Gasteiger partial charge in [0, 0.05) is 38.6 Å². The molecule has 2 rings (SSSR count). The first-order valence-corrected chi connectivity index (χ1v) is 8.38. The molecule has 1 aliphatic rings. The quantitative estimate of drug-likeness (QED) is 0.881. The Labute approximate surface area is 121 Å². The van der Waals surface area contributed by atoms with Gasteiger partial charge in [-0.2, -0.15) is 17.0 Å². The van der Waals surface area contributed by atoms with Crippen molar-refractivity contribution in [2.45, 2.75) is 25.3 Å². The SMILES string of the molecule is CCCN(C)S(=O)(=O)N1C[C@@H](N)[C@H](c2ccccc2)C1. The highest BCUT2D eigenvalue weighted by atomic mass is 32.2. The molecule has 1 heterocycles. The fourth-order valence-electron chi connectivity index (χ4n) is 2.66. The van der Waals surface area contributed by atoms with Crippen LogP contribution in [0.5, 0.6) is 0 Å². The summed E-state index contributed by atoms with van der Waals surface area (Å²) < 4.78 is 27.8. The van der Waals surface area contributed by atoms with Crippen LogP contribution in [0.1, 0.15) is 24.8 Å². The predicted molar refractivity (Wildman–Crippen MR) is 80.6 cm³/mol. The Morgan fingerprint density at radius 2 is 1.95 bits per heavy atom. The van der Waals surface area contributed by atoms with E-state index < -0.39 is 10.2 Å². The van der Waals surface area contributed by atoms with E-state index in [1.54, 1.807) is 7.05 Å². The summed E-state index contributed by atoms with van der Waals surface area (Å²) in [6.07, 6.45) is 0.803. The second-order valence-corrected chi connectivity index (χ2v) is 7.36. The highest BCUT2D eigenvalue weighted by Gasteiger charge is 2.39. The van der Waals surface area contributed by atoms with E-state index in [-0.39, 0.29) is 12.0 Å². The molecular formula is C14H23N3O2S. The van der Waals surface area contributed by atoms with Crippen molar-refractivity contribution in [1.29, 1.82) is 0 Å². The van der Waals surface area contributed by atoms with E-state index in [4.69, 9.17) is 5.73 Å². The van der Waals surface area contributed by atoms with Gasteiger partial charge in [-0.25, -0.2) is 0 Å². The number of hydrogen-bond donors (Lipinski definition) is 1. The Hall–Kier alpha value is -0.950. The van der Waals surface area contributed by atoms with Crippen molar-refractivity contribution < 1.29 is 8.42 Å². The molecule has 2 atom stereocenters. The van der Waals surface area contributed by atoms with Gasteiger partial charge < -0.3 is 5.73 Å². The van der Waals surface area contributed by atoms with Crippen LogP contribution in [0.2, 0.25) is 0 Å². The number of nitrogens with two attached hydrogens (primary N) is 1. The molecule has 0 unspecified atom stereocenters. The third-order valence-electron chi connectivity index (χ3n) is 3.82. The van der Waals surface area contributed by atoms with Crippen LogP contribution < -0.4 is 5.73 Å². The second-order valence-electron chi connectivity index (χ2n) is 5.33. The van der Waals surface area contributed by atoms with Gasteiger partial charge in [0.2, 0.25) is 0 Å². The first-order chi connectivity index (χ1) is 9.46. The van der Waals surface area contributed by atoms with Gasteiger partial charge in [-0.3, -0.25) is 0 Å². The summed E-state index contributed by atoms with van der Waals surface area (Å²) >= 11 is 0. The molecule has 0 bridgehead atoms. The summed E-state index contributed by atoms with van der Waals surface area (Å²) in [4.78, 5) is 0. The van der Waals surface area contributed by atoms with Crippen molar-refractivity contribution in [3.63, 3.8) is 0 Å². The van der Waals surface area contributed by atoms with E-state index in [1.807, 2.05) is 37.3 Å². The molecule has 0 radical (unpaired) electrons. The Kier molecular flexibility index (Phi) is 4.80. The highest BCUT2D eigenvalue weighted by molar-refractivity contribution is 7.86. The molecule has 2 N–H and O–H groups in total. The van der Waals surface area contributed by atoms with Gasteiger partial charge in [0.1, 0.15) is 0 Å². The van der Waals surface area contributed by atoms with Crippen molar-refractivity contribution in [3.05, 3.63) is 35.9 Å². The fourth-order valence-corrected chi connectivity index (χ4v) is 4.18. The summed E-state index contributed by atoms with van der Waals surface area (Å²) in [5.41, 5.74) is 7.25. The Bertz CT molecular complexity index is 533. The van der Waals surface area contributed by atoms with Crippen LogP contribution >= 0.6 is 0 Å². The predicted octanol–water partition coefficient (Wildman–Crippen LogP) is 1.000. The van der Waals surface area contributed by atoms with Crippen LogP contribution in [0.4, 0.5) is 0 Å². The summed E-state index contributed by atoms with van der Waals surface area (Å²) in [6.45, 7) is 3.34. The molecule has 1 aliphatic heterocycles. The molecule has 0 saturated carbocycles. The molecule has 0 amide bonds. The Morgan fingerprint density at radius 3 is 2.55 bits per heavy atom. The van der Waals surface area contributed by atoms with E-state index in [2.05, 4.69) is 0 Å². The largest absolute Gasteiger partial charge is 0.326 e. The van der Waals surface area contributed by atoms with Crippen LogP contribution in [-0.4, -0.2) is 49.8 Å². The van der Waals surface area contributed by atoms with Crippen LogP contribution in [0.15, 0.2) is 30.3 Å². The maximum Gasteiger partial charge on any atom is 0.281 e. The maximum absolute atomic E-state index is 12.4. The van der Waals surface area contributed by atoms with Crippen molar-refractivity contribution >= 4 is 10.2 Å². The van der Waals surface area contributed by atoms with Gasteiger partial charge in [0.25, 0.3) is 10.2 Å².